The van der Waals surface area contributed by atoms with Crippen molar-refractivity contribution in [2.24, 2.45) is 5.92 Å². The fourth-order valence-corrected chi connectivity index (χ4v) is 2.46. The summed E-state index contributed by atoms with van der Waals surface area (Å²) in [5.41, 5.74) is -0.496. The molecule has 0 bridgehead atoms. The first-order chi connectivity index (χ1) is 12.1. The van der Waals surface area contributed by atoms with Crippen LogP contribution >= 0.6 is 0 Å². The lowest BCUT2D eigenvalue weighted by Gasteiger charge is -2.23. The molecule has 8 heteroatoms. The third kappa shape index (κ3) is 5.08. The highest BCUT2D eigenvalue weighted by Gasteiger charge is 2.26. The Labute approximate surface area is 150 Å². The van der Waals surface area contributed by atoms with Crippen molar-refractivity contribution in [3.63, 3.8) is 0 Å². The fourth-order valence-electron chi connectivity index (χ4n) is 2.46. The number of carbonyl (C=O) groups excluding carboxylic acids is 1. The molecule has 0 spiro atoms. The second kappa shape index (κ2) is 7.90. The minimum atomic E-state index is -0.758. The third-order valence-electron chi connectivity index (χ3n) is 3.61. The fraction of sp³-hybridized carbons (Fsp3) is 0.500. The van der Waals surface area contributed by atoms with Gasteiger partial charge in [0.15, 0.2) is 5.82 Å². The topological polar surface area (TPSA) is 77.2 Å². The van der Waals surface area contributed by atoms with Crippen LogP contribution in [0.5, 0.6) is 0 Å². The summed E-state index contributed by atoms with van der Waals surface area (Å²) in [6.07, 6.45) is 0.657. The van der Waals surface area contributed by atoms with Crippen LogP contribution in [0.1, 0.15) is 45.8 Å². The second-order valence-electron chi connectivity index (χ2n) is 6.98. The molecule has 1 N–H and O–H groups in total. The lowest BCUT2D eigenvalue weighted by molar-refractivity contribution is -0.160. The summed E-state index contributed by atoms with van der Waals surface area (Å²) < 4.78 is 33.8. The standard InChI is InChI=1S/C18H23F2N3O3/c1-5-11(17(25)26-18(2,3)4)6-16-21-15(10-24)22-23(16)14-8-12(19)7-13(20)9-14/h7-9,11,24H,5-6,10H2,1-4H3. The molecule has 0 radical (unpaired) electrons. The van der Waals surface area contributed by atoms with E-state index in [9.17, 15) is 18.7 Å². The van der Waals surface area contributed by atoms with E-state index in [1.807, 2.05) is 6.92 Å². The molecule has 0 aliphatic heterocycles. The van der Waals surface area contributed by atoms with Crippen LogP contribution in [-0.4, -0.2) is 31.4 Å². The number of hydrogen-bond donors (Lipinski definition) is 1. The average Bonchev–Trinajstić information content (AvgIpc) is 2.93. The van der Waals surface area contributed by atoms with Crippen molar-refractivity contribution < 1.29 is 23.4 Å². The normalized spacial score (nSPS) is 12.9. The van der Waals surface area contributed by atoms with E-state index in [0.29, 0.717) is 12.2 Å². The monoisotopic (exact) mass is 367 g/mol. The predicted molar refractivity (Wildman–Crippen MR) is 90.5 cm³/mol. The molecule has 2 rings (SSSR count). The van der Waals surface area contributed by atoms with Crippen molar-refractivity contribution in [2.45, 2.75) is 52.7 Å². The summed E-state index contributed by atoms with van der Waals surface area (Å²) in [6, 6.07) is 2.97. The number of rotatable bonds is 6. The Hall–Kier alpha value is -2.35. The van der Waals surface area contributed by atoms with Gasteiger partial charge in [-0.1, -0.05) is 6.92 Å². The van der Waals surface area contributed by atoms with E-state index in [2.05, 4.69) is 10.1 Å². The molecular weight excluding hydrogens is 344 g/mol. The zero-order valence-electron chi connectivity index (χ0n) is 15.3. The van der Waals surface area contributed by atoms with E-state index in [1.165, 1.54) is 4.68 Å². The van der Waals surface area contributed by atoms with E-state index < -0.39 is 29.8 Å². The molecule has 1 heterocycles. The summed E-state index contributed by atoms with van der Waals surface area (Å²) in [7, 11) is 0. The van der Waals surface area contributed by atoms with Gasteiger partial charge >= 0.3 is 5.97 Å². The molecule has 1 aromatic heterocycles. The van der Waals surface area contributed by atoms with Crippen molar-refractivity contribution in [3.05, 3.63) is 41.5 Å². The van der Waals surface area contributed by atoms with Gasteiger partial charge in [-0.2, -0.15) is 0 Å². The maximum Gasteiger partial charge on any atom is 0.309 e. The van der Waals surface area contributed by atoms with E-state index in [1.54, 1.807) is 20.8 Å². The van der Waals surface area contributed by atoms with Crippen LogP contribution in [0.4, 0.5) is 8.78 Å². The first-order valence-corrected chi connectivity index (χ1v) is 8.38. The molecule has 0 aliphatic rings. The summed E-state index contributed by atoms with van der Waals surface area (Å²) in [4.78, 5) is 16.6. The molecule has 142 valence electrons. The molecule has 2 aromatic rings. The summed E-state index contributed by atoms with van der Waals surface area (Å²) in [5.74, 6) is -1.98. The van der Waals surface area contributed by atoms with Gasteiger partial charge < -0.3 is 9.84 Å². The largest absolute Gasteiger partial charge is 0.460 e. The lowest BCUT2D eigenvalue weighted by atomic mass is 10.0. The number of aliphatic hydroxyl groups excluding tert-OH is 1. The van der Waals surface area contributed by atoms with Crippen molar-refractivity contribution in [1.82, 2.24) is 14.8 Å². The van der Waals surface area contributed by atoms with Crippen molar-refractivity contribution >= 4 is 5.97 Å². The number of aromatic nitrogens is 3. The van der Waals surface area contributed by atoms with E-state index >= 15 is 0 Å². The molecule has 0 fully saturated rings. The molecule has 1 aromatic carbocycles. The van der Waals surface area contributed by atoms with Crippen molar-refractivity contribution in [3.8, 4) is 5.69 Å². The Kier molecular flexibility index (Phi) is 6.07. The Bertz CT molecular complexity index is 764. The number of carbonyl (C=O) groups is 1. The molecule has 1 atom stereocenters. The maximum absolute atomic E-state index is 13.6. The van der Waals surface area contributed by atoms with Gasteiger partial charge in [0.2, 0.25) is 0 Å². The highest BCUT2D eigenvalue weighted by molar-refractivity contribution is 5.73. The van der Waals surface area contributed by atoms with Gasteiger partial charge in [0.1, 0.15) is 29.7 Å². The first kappa shape index (κ1) is 20.0. The smallest absolute Gasteiger partial charge is 0.309 e. The van der Waals surface area contributed by atoms with Gasteiger partial charge in [-0.3, -0.25) is 4.79 Å². The highest BCUT2D eigenvalue weighted by Crippen LogP contribution is 2.20. The van der Waals surface area contributed by atoms with Crippen LogP contribution in [-0.2, 0) is 22.6 Å². The number of halogens is 2. The zero-order valence-corrected chi connectivity index (χ0v) is 15.3. The van der Waals surface area contributed by atoms with Crippen LogP contribution in [0.15, 0.2) is 18.2 Å². The van der Waals surface area contributed by atoms with Gasteiger partial charge in [-0.05, 0) is 39.3 Å². The van der Waals surface area contributed by atoms with E-state index in [-0.39, 0.29) is 23.9 Å². The summed E-state index contributed by atoms with van der Waals surface area (Å²) in [6.45, 7) is 6.74. The first-order valence-electron chi connectivity index (χ1n) is 8.38. The molecule has 1 unspecified atom stereocenters. The molecule has 6 nitrogen and oxygen atoms in total. The molecule has 0 aliphatic carbocycles. The van der Waals surface area contributed by atoms with Crippen LogP contribution < -0.4 is 0 Å². The summed E-state index contributed by atoms with van der Waals surface area (Å²) >= 11 is 0. The number of aliphatic hydroxyl groups is 1. The Morgan fingerprint density at radius 1 is 1.27 bits per heavy atom. The van der Waals surface area contributed by atoms with Crippen molar-refractivity contribution in [1.29, 1.82) is 0 Å². The average molecular weight is 367 g/mol. The number of esters is 1. The van der Waals surface area contributed by atoms with Crippen LogP contribution in [0.3, 0.4) is 0 Å². The van der Waals surface area contributed by atoms with E-state index in [4.69, 9.17) is 4.74 Å². The number of benzene rings is 1. The molecular formula is C18H23F2N3O3. The Morgan fingerprint density at radius 3 is 2.38 bits per heavy atom. The Morgan fingerprint density at radius 2 is 1.88 bits per heavy atom. The quantitative estimate of drug-likeness (QED) is 0.795. The van der Waals surface area contributed by atoms with Crippen LogP contribution in [0, 0.1) is 17.6 Å². The molecule has 0 amide bonds. The predicted octanol–water partition coefficient (Wildman–Crippen LogP) is 2.95. The van der Waals surface area contributed by atoms with Gasteiger partial charge in [-0.15, -0.1) is 5.10 Å². The molecule has 0 saturated heterocycles. The zero-order chi connectivity index (χ0) is 19.5. The maximum atomic E-state index is 13.6. The highest BCUT2D eigenvalue weighted by atomic mass is 19.1. The number of ether oxygens (including phenoxy) is 1. The van der Waals surface area contributed by atoms with Crippen molar-refractivity contribution in [2.75, 3.05) is 0 Å². The Balaban J connectivity index is 2.36. The van der Waals surface area contributed by atoms with Crippen LogP contribution in [0.25, 0.3) is 5.69 Å². The van der Waals surface area contributed by atoms with Gasteiger partial charge in [0, 0.05) is 12.5 Å². The minimum Gasteiger partial charge on any atom is -0.460 e. The summed E-state index contributed by atoms with van der Waals surface area (Å²) in [5, 5.41) is 13.4. The van der Waals surface area contributed by atoms with Gasteiger partial charge in [0.25, 0.3) is 0 Å². The lowest BCUT2D eigenvalue weighted by Crippen LogP contribution is -2.30. The molecule has 0 saturated carbocycles. The number of hydrogen-bond acceptors (Lipinski definition) is 5. The van der Waals surface area contributed by atoms with Crippen LogP contribution in [0.2, 0.25) is 0 Å². The van der Waals surface area contributed by atoms with Gasteiger partial charge in [0.05, 0.1) is 11.6 Å². The molecule has 26 heavy (non-hydrogen) atoms. The minimum absolute atomic E-state index is 0.101. The van der Waals surface area contributed by atoms with E-state index in [0.717, 1.165) is 18.2 Å². The third-order valence-corrected chi connectivity index (χ3v) is 3.61. The SMILES string of the molecule is CCC(Cc1nc(CO)nn1-c1cc(F)cc(F)c1)C(=O)OC(C)(C)C. The number of nitrogens with zero attached hydrogens (tertiary/aromatic N) is 3. The second-order valence-corrected chi connectivity index (χ2v) is 6.98. The van der Waals surface area contributed by atoms with Gasteiger partial charge in [-0.25, -0.2) is 18.4 Å².